The third-order valence-corrected chi connectivity index (χ3v) is 4.13. The SMILES string of the molecule is CCNC(=NCC(C)(O)c1ccco1)NCCc1cc(Br)ccc1F. The van der Waals surface area contributed by atoms with Crippen molar-refractivity contribution in [1.82, 2.24) is 10.6 Å². The van der Waals surface area contributed by atoms with Gasteiger partial charge in [0.05, 0.1) is 12.8 Å². The predicted molar refractivity (Wildman–Crippen MR) is 100 cm³/mol. The molecule has 25 heavy (non-hydrogen) atoms. The van der Waals surface area contributed by atoms with Gasteiger partial charge in [-0.3, -0.25) is 0 Å². The number of guanidine groups is 1. The van der Waals surface area contributed by atoms with Gasteiger partial charge < -0.3 is 20.2 Å². The molecule has 0 saturated carbocycles. The van der Waals surface area contributed by atoms with Crippen LogP contribution in [0, 0.1) is 5.82 Å². The molecule has 0 radical (unpaired) electrons. The number of nitrogens with one attached hydrogen (secondary N) is 2. The second-order valence-corrected chi connectivity index (χ2v) is 6.77. The van der Waals surface area contributed by atoms with Crippen LogP contribution in [0.2, 0.25) is 0 Å². The summed E-state index contributed by atoms with van der Waals surface area (Å²) in [4.78, 5) is 4.39. The quantitative estimate of drug-likeness (QED) is 0.483. The molecule has 1 atom stereocenters. The first-order valence-corrected chi connectivity index (χ1v) is 8.94. The molecule has 1 heterocycles. The molecule has 136 valence electrons. The molecular weight excluding hydrogens is 389 g/mol. The number of hydrogen-bond acceptors (Lipinski definition) is 3. The van der Waals surface area contributed by atoms with E-state index in [1.54, 1.807) is 31.2 Å². The summed E-state index contributed by atoms with van der Waals surface area (Å²) in [6.07, 6.45) is 2.04. The molecule has 1 aromatic heterocycles. The normalized spacial score (nSPS) is 14.2. The summed E-state index contributed by atoms with van der Waals surface area (Å²) in [5, 5.41) is 16.7. The van der Waals surface area contributed by atoms with Crippen LogP contribution in [0.3, 0.4) is 0 Å². The largest absolute Gasteiger partial charge is 0.466 e. The van der Waals surface area contributed by atoms with Gasteiger partial charge in [-0.15, -0.1) is 0 Å². The van der Waals surface area contributed by atoms with Gasteiger partial charge in [0.1, 0.15) is 17.2 Å². The topological polar surface area (TPSA) is 69.8 Å². The van der Waals surface area contributed by atoms with Crippen molar-refractivity contribution < 1.29 is 13.9 Å². The Labute approximate surface area is 155 Å². The Balaban J connectivity index is 1.94. The van der Waals surface area contributed by atoms with Gasteiger partial charge in [0.15, 0.2) is 5.96 Å². The second kappa shape index (κ2) is 9.01. The van der Waals surface area contributed by atoms with Crippen molar-refractivity contribution in [2.45, 2.75) is 25.9 Å². The Kier molecular flexibility index (Phi) is 7.01. The predicted octanol–water partition coefficient (Wildman–Crippen LogP) is 3.19. The molecule has 0 amide bonds. The molecule has 7 heteroatoms. The molecule has 2 aromatic rings. The standard InChI is InChI=1S/C18H23BrFN3O2/c1-3-21-17(23-12-18(2,24)16-5-4-10-25-16)22-9-8-13-11-14(19)6-7-15(13)20/h4-7,10-11,24H,3,8-9,12H2,1-2H3,(H2,21,22,23). The van der Waals surface area contributed by atoms with E-state index in [0.717, 1.165) is 4.47 Å². The van der Waals surface area contributed by atoms with Crippen LogP contribution in [0.25, 0.3) is 0 Å². The average Bonchev–Trinajstić information content (AvgIpc) is 3.11. The minimum atomic E-state index is -1.19. The van der Waals surface area contributed by atoms with Crippen LogP contribution in [0.4, 0.5) is 4.39 Å². The zero-order chi connectivity index (χ0) is 18.3. The summed E-state index contributed by atoms with van der Waals surface area (Å²) in [5.74, 6) is 0.792. The molecule has 1 aromatic carbocycles. The fourth-order valence-corrected chi connectivity index (χ4v) is 2.70. The van der Waals surface area contributed by atoms with Crippen molar-refractivity contribution in [3.05, 3.63) is 58.2 Å². The van der Waals surface area contributed by atoms with Crippen LogP contribution in [0.1, 0.15) is 25.2 Å². The van der Waals surface area contributed by atoms with E-state index in [0.29, 0.717) is 36.8 Å². The zero-order valence-corrected chi connectivity index (χ0v) is 15.9. The first kappa shape index (κ1) is 19.5. The summed E-state index contributed by atoms with van der Waals surface area (Å²) in [6, 6.07) is 8.33. The van der Waals surface area contributed by atoms with Gasteiger partial charge in [-0.05, 0) is 56.2 Å². The molecule has 2 rings (SSSR count). The Morgan fingerprint density at radius 3 is 2.84 bits per heavy atom. The van der Waals surface area contributed by atoms with Crippen LogP contribution in [-0.2, 0) is 12.0 Å². The summed E-state index contributed by atoms with van der Waals surface area (Å²) in [5.41, 5.74) is -0.567. The maximum atomic E-state index is 13.8. The lowest BCUT2D eigenvalue weighted by Crippen LogP contribution is -2.39. The van der Waals surface area contributed by atoms with Crippen LogP contribution in [0.15, 0.2) is 50.5 Å². The van der Waals surface area contributed by atoms with Crippen molar-refractivity contribution in [2.24, 2.45) is 4.99 Å². The van der Waals surface area contributed by atoms with E-state index in [4.69, 9.17) is 4.42 Å². The van der Waals surface area contributed by atoms with Gasteiger partial charge in [-0.2, -0.15) is 0 Å². The number of aliphatic hydroxyl groups is 1. The summed E-state index contributed by atoms with van der Waals surface area (Å²) >= 11 is 3.35. The Bertz CT molecular complexity index is 702. The first-order chi connectivity index (χ1) is 11.9. The third-order valence-electron chi connectivity index (χ3n) is 3.64. The molecule has 0 aliphatic heterocycles. The van der Waals surface area contributed by atoms with Crippen LogP contribution in [-0.4, -0.2) is 30.7 Å². The highest BCUT2D eigenvalue weighted by atomic mass is 79.9. The summed E-state index contributed by atoms with van der Waals surface area (Å²) < 4.78 is 19.9. The highest BCUT2D eigenvalue weighted by molar-refractivity contribution is 9.10. The zero-order valence-electron chi connectivity index (χ0n) is 14.4. The first-order valence-electron chi connectivity index (χ1n) is 8.15. The minimum Gasteiger partial charge on any atom is -0.466 e. The number of benzene rings is 1. The molecule has 0 aliphatic carbocycles. The van der Waals surface area contributed by atoms with Gasteiger partial charge in [-0.1, -0.05) is 15.9 Å². The molecular formula is C18H23BrFN3O2. The van der Waals surface area contributed by atoms with Gasteiger partial charge in [0.25, 0.3) is 0 Å². The molecule has 3 N–H and O–H groups in total. The fraction of sp³-hybridized carbons (Fsp3) is 0.389. The van der Waals surface area contributed by atoms with E-state index in [2.05, 4.69) is 31.6 Å². The van der Waals surface area contributed by atoms with Gasteiger partial charge in [0, 0.05) is 17.6 Å². The van der Waals surface area contributed by atoms with Crippen LogP contribution in [0.5, 0.6) is 0 Å². The van der Waals surface area contributed by atoms with Gasteiger partial charge in [0.2, 0.25) is 0 Å². The lowest BCUT2D eigenvalue weighted by Gasteiger charge is -2.19. The van der Waals surface area contributed by atoms with Crippen molar-refractivity contribution >= 4 is 21.9 Å². The third kappa shape index (κ3) is 5.86. The number of nitrogens with zero attached hydrogens (tertiary/aromatic N) is 1. The van der Waals surface area contributed by atoms with Crippen molar-refractivity contribution in [3.8, 4) is 0 Å². The van der Waals surface area contributed by atoms with Gasteiger partial charge in [-0.25, -0.2) is 9.38 Å². The van der Waals surface area contributed by atoms with Crippen molar-refractivity contribution in [3.63, 3.8) is 0 Å². The Morgan fingerprint density at radius 1 is 1.36 bits per heavy atom. The van der Waals surface area contributed by atoms with Crippen molar-refractivity contribution in [1.29, 1.82) is 0 Å². The number of hydrogen-bond donors (Lipinski definition) is 3. The highest BCUT2D eigenvalue weighted by Crippen LogP contribution is 2.21. The molecule has 0 aliphatic rings. The monoisotopic (exact) mass is 411 g/mol. The van der Waals surface area contributed by atoms with E-state index in [-0.39, 0.29) is 12.4 Å². The summed E-state index contributed by atoms with van der Waals surface area (Å²) in [6.45, 7) is 4.94. The molecule has 0 spiro atoms. The Morgan fingerprint density at radius 2 is 2.16 bits per heavy atom. The maximum absolute atomic E-state index is 13.8. The lowest BCUT2D eigenvalue weighted by atomic mass is 10.0. The Hall–Kier alpha value is -1.86. The number of halogens is 2. The van der Waals surface area contributed by atoms with Gasteiger partial charge >= 0.3 is 0 Å². The van der Waals surface area contributed by atoms with E-state index in [1.165, 1.54) is 12.3 Å². The van der Waals surface area contributed by atoms with E-state index < -0.39 is 5.60 Å². The highest BCUT2D eigenvalue weighted by Gasteiger charge is 2.26. The van der Waals surface area contributed by atoms with Crippen LogP contribution >= 0.6 is 15.9 Å². The van der Waals surface area contributed by atoms with Crippen molar-refractivity contribution in [2.75, 3.05) is 19.6 Å². The molecule has 0 saturated heterocycles. The average molecular weight is 412 g/mol. The molecule has 5 nitrogen and oxygen atoms in total. The maximum Gasteiger partial charge on any atom is 0.191 e. The second-order valence-electron chi connectivity index (χ2n) is 5.86. The summed E-state index contributed by atoms with van der Waals surface area (Å²) in [7, 11) is 0. The number of rotatable bonds is 7. The van der Waals surface area contributed by atoms with E-state index >= 15 is 0 Å². The molecule has 0 bridgehead atoms. The lowest BCUT2D eigenvalue weighted by molar-refractivity contribution is 0.0437. The fourth-order valence-electron chi connectivity index (χ4n) is 2.29. The molecule has 1 unspecified atom stereocenters. The van der Waals surface area contributed by atoms with E-state index in [9.17, 15) is 9.50 Å². The number of furan rings is 1. The van der Waals surface area contributed by atoms with E-state index in [1.807, 2.05) is 6.92 Å². The van der Waals surface area contributed by atoms with Crippen LogP contribution < -0.4 is 10.6 Å². The smallest absolute Gasteiger partial charge is 0.191 e. The molecule has 0 fully saturated rings. The number of aliphatic imine (C=N–C) groups is 1. The minimum absolute atomic E-state index is 0.140.